The van der Waals surface area contributed by atoms with Crippen LogP contribution in [0.3, 0.4) is 0 Å². The Morgan fingerprint density at radius 3 is 2.60 bits per heavy atom. The van der Waals surface area contributed by atoms with Gasteiger partial charge in [0.15, 0.2) is 11.6 Å². The summed E-state index contributed by atoms with van der Waals surface area (Å²) in [5, 5.41) is 7.18. The highest BCUT2D eigenvalue weighted by molar-refractivity contribution is 6.14. The monoisotopic (exact) mass is 558 g/mol. The molecule has 204 valence electrons. The first-order valence-electron chi connectivity index (χ1n) is 13.0. The van der Waals surface area contributed by atoms with E-state index in [1.54, 1.807) is 61.1 Å². The van der Waals surface area contributed by atoms with E-state index in [-0.39, 0.29) is 35.2 Å². The molecule has 0 radical (unpaired) electrons. The van der Waals surface area contributed by atoms with E-state index < -0.39 is 5.82 Å². The molecule has 7 rings (SSSR count). The molecular weight excluding hydrogens is 538 g/mol. The average molecular weight is 559 g/mol. The van der Waals surface area contributed by atoms with Gasteiger partial charge in [0.1, 0.15) is 17.2 Å². The normalized spacial score (nSPS) is 12.4. The maximum absolute atomic E-state index is 16.3. The van der Waals surface area contributed by atoms with Crippen LogP contribution in [0.2, 0.25) is 0 Å². The summed E-state index contributed by atoms with van der Waals surface area (Å²) in [7, 11) is 0. The standard InChI is InChI=1S/C31H20F2N8O/c32-21-8-4-7-18(9-21)23-15-35-16-24-28(23)40-30(39-24)29-25-20(13-37-41-29)12-36-27(26(25)33)19-10-22(14-34-11-19)38-31(42)17-5-2-1-3-6-17/h1-12,14-16,37H,13H2,(H,38,42)(H,39,40). The minimum atomic E-state index is -0.606. The van der Waals surface area contributed by atoms with Crippen molar-refractivity contribution < 1.29 is 13.6 Å². The van der Waals surface area contributed by atoms with Crippen LogP contribution in [0.15, 0.2) is 96.7 Å². The van der Waals surface area contributed by atoms with E-state index in [1.807, 2.05) is 6.07 Å². The van der Waals surface area contributed by atoms with Gasteiger partial charge in [0.25, 0.3) is 5.91 Å². The molecule has 5 heterocycles. The van der Waals surface area contributed by atoms with Crippen molar-refractivity contribution in [2.24, 2.45) is 5.10 Å². The number of hydrazone groups is 1. The number of carbonyl (C=O) groups is 1. The number of halogens is 2. The largest absolute Gasteiger partial charge is 0.335 e. The lowest BCUT2D eigenvalue weighted by Crippen LogP contribution is -2.24. The van der Waals surface area contributed by atoms with E-state index in [1.165, 1.54) is 24.5 Å². The SMILES string of the molecule is O=C(Nc1cncc(-c2ncc3c(c2F)C(c2nc4c(-c5cccc(F)c5)cncc4[nH]2)=NNC3)c1)c1ccccc1. The fourth-order valence-electron chi connectivity index (χ4n) is 4.89. The first-order chi connectivity index (χ1) is 20.5. The van der Waals surface area contributed by atoms with Crippen LogP contribution in [0, 0.1) is 11.6 Å². The second kappa shape index (κ2) is 10.3. The maximum atomic E-state index is 16.3. The van der Waals surface area contributed by atoms with Crippen molar-refractivity contribution in [3.05, 3.63) is 126 Å². The Bertz CT molecular complexity index is 2020. The van der Waals surface area contributed by atoms with Gasteiger partial charge in [-0.15, -0.1) is 0 Å². The van der Waals surface area contributed by atoms with Gasteiger partial charge < -0.3 is 15.7 Å². The van der Waals surface area contributed by atoms with Crippen molar-refractivity contribution in [2.45, 2.75) is 6.54 Å². The molecule has 4 aromatic heterocycles. The Labute approximate surface area is 237 Å². The fourth-order valence-corrected chi connectivity index (χ4v) is 4.89. The Hall–Kier alpha value is -5.84. The number of hydrogen-bond acceptors (Lipinski definition) is 7. The molecule has 1 aliphatic rings. The Kier molecular flexibility index (Phi) is 6.16. The number of pyridine rings is 3. The molecule has 11 heteroatoms. The molecule has 0 fully saturated rings. The van der Waals surface area contributed by atoms with Crippen LogP contribution >= 0.6 is 0 Å². The zero-order chi connectivity index (χ0) is 28.6. The van der Waals surface area contributed by atoms with Gasteiger partial charge in [-0.1, -0.05) is 30.3 Å². The summed E-state index contributed by atoms with van der Waals surface area (Å²) in [6, 6.07) is 16.5. The van der Waals surface area contributed by atoms with Crippen molar-refractivity contribution in [2.75, 3.05) is 5.32 Å². The number of nitrogens with one attached hydrogen (secondary N) is 3. The number of anilines is 1. The summed E-state index contributed by atoms with van der Waals surface area (Å²) in [6.07, 6.45) is 7.74. The predicted molar refractivity (Wildman–Crippen MR) is 154 cm³/mol. The molecule has 0 spiro atoms. The summed E-state index contributed by atoms with van der Waals surface area (Å²) in [5.74, 6) is -0.992. The molecule has 1 aliphatic heterocycles. The van der Waals surface area contributed by atoms with Crippen molar-refractivity contribution in [1.29, 1.82) is 0 Å². The number of carbonyl (C=O) groups excluding carboxylic acids is 1. The number of fused-ring (bicyclic) bond motifs is 2. The maximum Gasteiger partial charge on any atom is 0.255 e. The van der Waals surface area contributed by atoms with E-state index in [0.717, 1.165) is 0 Å². The number of nitrogens with zero attached hydrogens (tertiary/aromatic N) is 5. The lowest BCUT2D eigenvalue weighted by Gasteiger charge is -2.18. The molecule has 0 atom stereocenters. The number of imidazole rings is 1. The Morgan fingerprint density at radius 1 is 0.881 bits per heavy atom. The number of aromatic nitrogens is 5. The summed E-state index contributed by atoms with van der Waals surface area (Å²) >= 11 is 0. The smallest absolute Gasteiger partial charge is 0.255 e. The van der Waals surface area contributed by atoms with E-state index >= 15 is 4.39 Å². The minimum absolute atomic E-state index is 0.0462. The fraction of sp³-hybridized carbons (Fsp3) is 0.0323. The molecule has 9 nitrogen and oxygen atoms in total. The Balaban J connectivity index is 1.27. The number of hydrogen-bond donors (Lipinski definition) is 3. The van der Waals surface area contributed by atoms with Crippen molar-refractivity contribution in [3.8, 4) is 22.4 Å². The second-order valence-corrected chi connectivity index (χ2v) is 9.58. The number of benzene rings is 2. The van der Waals surface area contributed by atoms with Gasteiger partial charge in [-0.25, -0.2) is 13.8 Å². The van der Waals surface area contributed by atoms with Gasteiger partial charge in [-0.3, -0.25) is 19.7 Å². The van der Waals surface area contributed by atoms with Crippen LogP contribution in [0.1, 0.15) is 27.3 Å². The summed E-state index contributed by atoms with van der Waals surface area (Å²) in [6.45, 7) is 0.269. The zero-order valence-corrected chi connectivity index (χ0v) is 21.8. The third-order valence-electron chi connectivity index (χ3n) is 6.85. The third kappa shape index (κ3) is 4.52. The highest BCUT2D eigenvalue weighted by Crippen LogP contribution is 2.31. The van der Waals surface area contributed by atoms with Crippen molar-refractivity contribution in [1.82, 2.24) is 30.3 Å². The van der Waals surface area contributed by atoms with Crippen LogP contribution in [0.4, 0.5) is 14.5 Å². The summed E-state index contributed by atoms with van der Waals surface area (Å²) < 4.78 is 30.2. The molecule has 3 N–H and O–H groups in total. The quantitative estimate of drug-likeness (QED) is 0.258. The van der Waals surface area contributed by atoms with Crippen LogP contribution in [0.5, 0.6) is 0 Å². The molecule has 0 bridgehead atoms. The number of rotatable bonds is 5. The highest BCUT2D eigenvalue weighted by atomic mass is 19.1. The minimum Gasteiger partial charge on any atom is -0.335 e. The molecular formula is C31H20F2N8O. The van der Waals surface area contributed by atoms with Gasteiger partial charge in [-0.05, 0) is 35.9 Å². The Morgan fingerprint density at radius 2 is 1.74 bits per heavy atom. The number of amides is 1. The molecule has 42 heavy (non-hydrogen) atoms. The number of H-pyrrole nitrogens is 1. The second-order valence-electron chi connectivity index (χ2n) is 9.58. The number of aromatic amines is 1. The molecule has 2 aromatic carbocycles. The van der Waals surface area contributed by atoms with Gasteiger partial charge in [0.2, 0.25) is 0 Å². The van der Waals surface area contributed by atoms with Gasteiger partial charge in [0, 0.05) is 40.8 Å². The zero-order valence-electron chi connectivity index (χ0n) is 21.8. The van der Waals surface area contributed by atoms with Gasteiger partial charge in [-0.2, -0.15) is 5.10 Å². The van der Waals surface area contributed by atoms with E-state index in [2.05, 4.69) is 35.8 Å². The van der Waals surface area contributed by atoms with Gasteiger partial charge in [0.05, 0.1) is 41.2 Å². The lowest BCUT2D eigenvalue weighted by molar-refractivity contribution is 0.102. The van der Waals surface area contributed by atoms with Crippen LogP contribution in [-0.4, -0.2) is 36.5 Å². The third-order valence-corrected chi connectivity index (χ3v) is 6.85. The van der Waals surface area contributed by atoms with Gasteiger partial charge >= 0.3 is 0 Å². The summed E-state index contributed by atoms with van der Waals surface area (Å²) in [4.78, 5) is 33.4. The lowest BCUT2D eigenvalue weighted by atomic mass is 9.99. The predicted octanol–water partition coefficient (Wildman–Crippen LogP) is 5.47. The van der Waals surface area contributed by atoms with Crippen LogP contribution in [-0.2, 0) is 6.54 Å². The highest BCUT2D eigenvalue weighted by Gasteiger charge is 2.27. The topological polar surface area (TPSA) is 121 Å². The van der Waals surface area contributed by atoms with Crippen molar-refractivity contribution in [3.63, 3.8) is 0 Å². The van der Waals surface area contributed by atoms with Crippen LogP contribution in [0.25, 0.3) is 33.4 Å². The first kappa shape index (κ1) is 25.1. The molecule has 6 aromatic rings. The molecule has 0 unspecified atom stereocenters. The van der Waals surface area contributed by atoms with E-state index in [0.29, 0.717) is 50.4 Å². The molecule has 0 saturated heterocycles. The molecule has 0 aliphatic carbocycles. The molecule has 0 saturated carbocycles. The first-order valence-corrected chi connectivity index (χ1v) is 13.0. The van der Waals surface area contributed by atoms with E-state index in [4.69, 9.17) is 4.98 Å². The average Bonchev–Trinajstić information content (AvgIpc) is 3.46. The van der Waals surface area contributed by atoms with Crippen LogP contribution < -0.4 is 10.7 Å². The van der Waals surface area contributed by atoms with E-state index in [9.17, 15) is 9.18 Å². The molecule has 1 amide bonds. The summed E-state index contributed by atoms with van der Waals surface area (Å²) in [5.41, 5.74) is 7.65. The van der Waals surface area contributed by atoms with Crippen molar-refractivity contribution >= 4 is 28.3 Å².